The minimum Gasteiger partial charge on any atom is -0.388 e. The lowest BCUT2D eigenvalue weighted by Gasteiger charge is -2.17. The molecule has 2 nitrogen and oxygen atoms in total. The van der Waals surface area contributed by atoms with Crippen LogP contribution in [0.15, 0.2) is 18.2 Å². The average molecular weight is 224 g/mol. The van der Waals surface area contributed by atoms with Crippen LogP contribution in [-0.2, 0) is 4.74 Å². The molecular formula is C13H17FO2. The third kappa shape index (κ3) is 2.25. The van der Waals surface area contributed by atoms with Crippen LogP contribution in [0.2, 0.25) is 0 Å². The van der Waals surface area contributed by atoms with Crippen molar-refractivity contribution in [1.29, 1.82) is 0 Å². The molecule has 1 aromatic rings. The fraction of sp³-hybridized carbons (Fsp3) is 0.538. The number of aliphatic hydroxyl groups excluding tert-OH is 1. The van der Waals surface area contributed by atoms with Crippen molar-refractivity contribution in [3.63, 3.8) is 0 Å². The van der Waals surface area contributed by atoms with Crippen molar-refractivity contribution < 1.29 is 14.2 Å². The third-order valence-corrected chi connectivity index (χ3v) is 3.21. The summed E-state index contributed by atoms with van der Waals surface area (Å²) in [5.41, 5.74) is 1.25. The number of hydrogen-bond donors (Lipinski definition) is 1. The molecule has 0 aliphatic carbocycles. The van der Waals surface area contributed by atoms with Crippen molar-refractivity contribution >= 4 is 0 Å². The number of benzene rings is 1. The molecule has 16 heavy (non-hydrogen) atoms. The molecule has 0 aromatic heterocycles. The second kappa shape index (κ2) is 4.52. The molecule has 0 spiro atoms. The summed E-state index contributed by atoms with van der Waals surface area (Å²) >= 11 is 0. The molecular weight excluding hydrogens is 207 g/mol. The normalized spacial score (nSPS) is 27.0. The minimum absolute atomic E-state index is 0.0807. The molecule has 0 radical (unpaired) electrons. The lowest BCUT2D eigenvalue weighted by atomic mass is 9.93. The third-order valence-electron chi connectivity index (χ3n) is 3.21. The maximum absolute atomic E-state index is 13.4. The van der Waals surface area contributed by atoms with E-state index >= 15 is 0 Å². The van der Waals surface area contributed by atoms with Gasteiger partial charge >= 0.3 is 0 Å². The van der Waals surface area contributed by atoms with Crippen molar-refractivity contribution in [3.8, 4) is 0 Å². The molecule has 0 saturated carbocycles. The Bertz CT molecular complexity index is 378. The van der Waals surface area contributed by atoms with Crippen LogP contribution < -0.4 is 0 Å². The lowest BCUT2D eigenvalue weighted by Crippen LogP contribution is -2.13. The fourth-order valence-corrected chi connectivity index (χ4v) is 2.14. The quantitative estimate of drug-likeness (QED) is 0.836. The highest BCUT2D eigenvalue weighted by Crippen LogP contribution is 2.31. The Morgan fingerprint density at radius 3 is 2.81 bits per heavy atom. The van der Waals surface area contributed by atoms with E-state index in [1.54, 1.807) is 19.1 Å². The first-order valence-electron chi connectivity index (χ1n) is 5.63. The van der Waals surface area contributed by atoms with Crippen LogP contribution in [0.1, 0.15) is 30.6 Å². The smallest absolute Gasteiger partial charge is 0.126 e. The topological polar surface area (TPSA) is 29.5 Å². The van der Waals surface area contributed by atoms with Gasteiger partial charge < -0.3 is 9.84 Å². The number of aliphatic hydroxyl groups is 1. The molecule has 1 fully saturated rings. The molecule has 88 valence electrons. The summed E-state index contributed by atoms with van der Waals surface area (Å²) in [6.45, 7) is 4.26. The zero-order valence-corrected chi connectivity index (χ0v) is 9.61. The highest BCUT2D eigenvalue weighted by atomic mass is 19.1. The van der Waals surface area contributed by atoms with Gasteiger partial charge in [-0.2, -0.15) is 0 Å². The number of hydrogen-bond acceptors (Lipinski definition) is 2. The van der Waals surface area contributed by atoms with E-state index in [9.17, 15) is 9.50 Å². The van der Waals surface area contributed by atoms with Gasteiger partial charge in [0.25, 0.3) is 0 Å². The van der Waals surface area contributed by atoms with Crippen LogP contribution in [0.5, 0.6) is 0 Å². The summed E-state index contributed by atoms with van der Waals surface area (Å²) in [6, 6.07) is 4.90. The molecule has 3 heteroatoms. The molecule has 1 N–H and O–H groups in total. The van der Waals surface area contributed by atoms with Crippen molar-refractivity contribution in [3.05, 3.63) is 35.1 Å². The zero-order chi connectivity index (χ0) is 11.7. The van der Waals surface area contributed by atoms with Gasteiger partial charge in [-0.25, -0.2) is 4.39 Å². The van der Waals surface area contributed by atoms with E-state index in [-0.39, 0.29) is 17.8 Å². The van der Waals surface area contributed by atoms with E-state index < -0.39 is 6.10 Å². The maximum Gasteiger partial charge on any atom is 0.126 e. The first kappa shape index (κ1) is 11.6. The number of aryl methyl sites for hydroxylation is 1. The second-order valence-electron chi connectivity index (χ2n) is 4.59. The summed E-state index contributed by atoms with van der Waals surface area (Å²) in [7, 11) is 0. The Labute approximate surface area is 95.1 Å². The molecule has 3 unspecified atom stereocenters. The fourth-order valence-electron chi connectivity index (χ4n) is 2.14. The van der Waals surface area contributed by atoms with Gasteiger partial charge in [-0.3, -0.25) is 0 Å². The van der Waals surface area contributed by atoms with Gasteiger partial charge in [0, 0.05) is 5.92 Å². The highest BCUT2D eigenvalue weighted by Gasteiger charge is 2.29. The van der Waals surface area contributed by atoms with Crippen molar-refractivity contribution in [2.24, 2.45) is 5.92 Å². The van der Waals surface area contributed by atoms with Crippen molar-refractivity contribution in [2.75, 3.05) is 6.61 Å². The predicted molar refractivity (Wildman–Crippen MR) is 59.6 cm³/mol. The first-order chi connectivity index (χ1) is 7.58. The van der Waals surface area contributed by atoms with Crippen LogP contribution in [0.25, 0.3) is 0 Å². The van der Waals surface area contributed by atoms with Crippen LogP contribution in [-0.4, -0.2) is 17.8 Å². The summed E-state index contributed by atoms with van der Waals surface area (Å²) in [5, 5.41) is 10.1. The molecule has 1 aliphatic rings. The monoisotopic (exact) mass is 224 g/mol. The van der Waals surface area contributed by atoms with Gasteiger partial charge in [0.15, 0.2) is 0 Å². The van der Waals surface area contributed by atoms with Gasteiger partial charge in [0.1, 0.15) is 5.82 Å². The van der Waals surface area contributed by atoms with Crippen LogP contribution in [0.3, 0.4) is 0 Å². The van der Waals surface area contributed by atoms with E-state index in [1.807, 2.05) is 6.92 Å². The molecule has 3 atom stereocenters. The molecule has 0 amide bonds. The van der Waals surface area contributed by atoms with Gasteiger partial charge in [0.05, 0.1) is 18.8 Å². The predicted octanol–water partition coefficient (Wildman–Crippen LogP) is 2.59. The average Bonchev–Trinajstić information content (AvgIpc) is 2.68. The molecule has 0 bridgehead atoms. The number of rotatable bonds is 2. The zero-order valence-electron chi connectivity index (χ0n) is 9.61. The first-order valence-corrected chi connectivity index (χ1v) is 5.63. The van der Waals surface area contributed by atoms with E-state index in [4.69, 9.17) is 4.74 Å². The summed E-state index contributed by atoms with van der Waals surface area (Å²) < 4.78 is 18.8. The standard InChI is InChI=1S/C13H17FO2/c1-8-3-4-10(6-12(8)14)13(15)11-5-9(2)16-7-11/h3-4,6,9,11,13,15H,5,7H2,1-2H3. The van der Waals surface area contributed by atoms with Crippen molar-refractivity contribution in [2.45, 2.75) is 32.5 Å². The maximum atomic E-state index is 13.4. The van der Waals surface area contributed by atoms with Crippen LogP contribution >= 0.6 is 0 Å². The van der Waals surface area contributed by atoms with E-state index in [0.29, 0.717) is 17.7 Å². The number of halogens is 1. The second-order valence-corrected chi connectivity index (χ2v) is 4.59. The Morgan fingerprint density at radius 2 is 2.25 bits per heavy atom. The Hall–Kier alpha value is -0.930. The summed E-state index contributed by atoms with van der Waals surface area (Å²) in [4.78, 5) is 0. The van der Waals surface area contributed by atoms with Crippen molar-refractivity contribution in [1.82, 2.24) is 0 Å². The Kier molecular flexibility index (Phi) is 3.26. The largest absolute Gasteiger partial charge is 0.388 e. The highest BCUT2D eigenvalue weighted by molar-refractivity contribution is 5.25. The van der Waals surface area contributed by atoms with Gasteiger partial charge in [-0.15, -0.1) is 0 Å². The van der Waals surface area contributed by atoms with E-state index in [1.165, 1.54) is 6.07 Å². The summed E-state index contributed by atoms with van der Waals surface area (Å²) in [5.74, 6) is -0.180. The van der Waals surface area contributed by atoms with E-state index in [0.717, 1.165) is 6.42 Å². The van der Waals surface area contributed by atoms with Gasteiger partial charge in [-0.05, 0) is 37.5 Å². The minimum atomic E-state index is -0.625. The summed E-state index contributed by atoms with van der Waals surface area (Å²) in [6.07, 6.45) is 0.395. The van der Waals surface area contributed by atoms with E-state index in [2.05, 4.69) is 0 Å². The van der Waals surface area contributed by atoms with Crippen LogP contribution in [0.4, 0.5) is 4.39 Å². The lowest BCUT2D eigenvalue weighted by molar-refractivity contribution is 0.0802. The van der Waals surface area contributed by atoms with Gasteiger partial charge in [-0.1, -0.05) is 12.1 Å². The van der Waals surface area contributed by atoms with Crippen LogP contribution in [0, 0.1) is 18.7 Å². The Morgan fingerprint density at radius 1 is 1.50 bits per heavy atom. The Balaban J connectivity index is 2.14. The molecule has 1 saturated heterocycles. The molecule has 2 rings (SSSR count). The molecule has 1 aliphatic heterocycles. The van der Waals surface area contributed by atoms with Gasteiger partial charge in [0.2, 0.25) is 0 Å². The molecule has 1 heterocycles. The number of ether oxygens (including phenoxy) is 1. The SMILES string of the molecule is Cc1ccc(C(O)C2COC(C)C2)cc1F. The molecule has 1 aromatic carbocycles.